The van der Waals surface area contributed by atoms with Gasteiger partial charge in [-0.3, -0.25) is 0 Å². The van der Waals surface area contributed by atoms with Gasteiger partial charge in [0.25, 0.3) is 0 Å². The summed E-state index contributed by atoms with van der Waals surface area (Å²) in [7, 11) is 1.66. The van der Waals surface area contributed by atoms with Crippen molar-refractivity contribution in [1.82, 2.24) is 19.8 Å². The van der Waals surface area contributed by atoms with E-state index < -0.39 is 23.9 Å². The Kier molecular flexibility index (Phi) is 7.24. The van der Waals surface area contributed by atoms with E-state index in [-0.39, 0.29) is 24.7 Å². The van der Waals surface area contributed by atoms with Gasteiger partial charge in [-0.2, -0.15) is 13.2 Å². The Balaban J connectivity index is 1.61. The molecule has 0 saturated heterocycles. The van der Waals surface area contributed by atoms with E-state index in [0.29, 0.717) is 34.2 Å². The molecular weight excluding hydrogens is 511 g/mol. The predicted octanol–water partition coefficient (Wildman–Crippen LogP) is 3.35. The summed E-state index contributed by atoms with van der Waals surface area (Å²) in [5.41, 5.74) is 0.148. The molecule has 2 atom stereocenters. The third kappa shape index (κ3) is 5.57. The monoisotopic (exact) mass is 541 g/mol. The van der Waals surface area contributed by atoms with Crippen molar-refractivity contribution in [2.45, 2.75) is 57.7 Å². The summed E-state index contributed by atoms with van der Waals surface area (Å²) < 4.78 is 47.3. The van der Waals surface area contributed by atoms with Gasteiger partial charge in [-0.25, -0.2) is 14.8 Å². The van der Waals surface area contributed by atoms with Gasteiger partial charge in [0, 0.05) is 19.6 Å². The Morgan fingerprint density at radius 3 is 2.44 bits per heavy atom. The van der Waals surface area contributed by atoms with Gasteiger partial charge in [0.2, 0.25) is 6.17 Å². The Labute approximate surface area is 223 Å². The van der Waals surface area contributed by atoms with Crippen LogP contribution < -0.4 is 20.9 Å². The smallest absolute Gasteiger partial charge is 0.416 e. The summed E-state index contributed by atoms with van der Waals surface area (Å²) in [6, 6.07) is 14.2. The maximum absolute atomic E-state index is 13.2. The van der Waals surface area contributed by atoms with Crippen molar-refractivity contribution in [3.05, 3.63) is 82.4 Å². The van der Waals surface area contributed by atoms with Gasteiger partial charge >= 0.3 is 12.1 Å². The van der Waals surface area contributed by atoms with Crippen LogP contribution in [0.25, 0.3) is 5.82 Å². The number of carboxylic acid groups (broad SMARTS) is 1. The van der Waals surface area contributed by atoms with Crippen molar-refractivity contribution in [1.29, 1.82) is 0 Å². The van der Waals surface area contributed by atoms with E-state index >= 15 is 0 Å². The fraction of sp³-hybridized carbons (Fsp3) is 0.393. The molecule has 206 valence electrons. The van der Waals surface area contributed by atoms with Crippen LogP contribution in [0.1, 0.15) is 43.1 Å². The van der Waals surface area contributed by atoms with Crippen molar-refractivity contribution < 1.29 is 27.8 Å². The number of nitrogens with one attached hydrogen (secondary N) is 1. The summed E-state index contributed by atoms with van der Waals surface area (Å²) in [5, 5.41) is 14.0. The Morgan fingerprint density at radius 1 is 1.15 bits per heavy atom. The van der Waals surface area contributed by atoms with E-state index in [0.717, 1.165) is 31.4 Å². The van der Waals surface area contributed by atoms with Crippen LogP contribution in [-0.2, 0) is 24.1 Å². The molecule has 39 heavy (non-hydrogen) atoms. The largest absolute Gasteiger partial charge is 0.486 e. The second-order valence-corrected chi connectivity index (χ2v) is 10.0. The van der Waals surface area contributed by atoms with Gasteiger partial charge in [0.15, 0.2) is 5.49 Å². The van der Waals surface area contributed by atoms with Crippen molar-refractivity contribution in [2.75, 3.05) is 7.05 Å². The zero-order valence-electron chi connectivity index (χ0n) is 21.7. The van der Waals surface area contributed by atoms with Crippen LogP contribution in [0, 0.1) is 5.92 Å². The number of hydrogen-bond acceptors (Lipinski definition) is 6. The quantitative estimate of drug-likeness (QED) is 0.432. The van der Waals surface area contributed by atoms with Gasteiger partial charge < -0.3 is 24.6 Å². The minimum atomic E-state index is -4.43. The molecule has 11 heteroatoms. The lowest BCUT2D eigenvalue weighted by molar-refractivity contribution is -0.141. The molecule has 0 spiro atoms. The molecule has 1 aliphatic carbocycles. The molecule has 1 fully saturated rings. The number of rotatable bonds is 9. The van der Waals surface area contributed by atoms with Crippen molar-refractivity contribution in [3.63, 3.8) is 0 Å². The van der Waals surface area contributed by atoms with E-state index in [4.69, 9.17) is 4.74 Å². The molecule has 0 radical (unpaired) electrons. The average Bonchev–Trinajstić information content (AvgIpc) is 3.20. The van der Waals surface area contributed by atoms with Crippen LogP contribution in [-0.4, -0.2) is 44.8 Å². The van der Waals surface area contributed by atoms with Crippen LogP contribution in [0.3, 0.4) is 0 Å². The van der Waals surface area contributed by atoms with Gasteiger partial charge in [-0.15, -0.1) is 0 Å². The van der Waals surface area contributed by atoms with Crippen molar-refractivity contribution in [2.24, 2.45) is 10.9 Å². The first-order valence-corrected chi connectivity index (χ1v) is 12.9. The highest BCUT2D eigenvalue weighted by Gasteiger charge is 2.33. The Bertz CT molecular complexity index is 1450. The number of fused-ring (bicyclic) bond motifs is 1. The van der Waals surface area contributed by atoms with Gasteiger partial charge in [-0.05, 0) is 55.5 Å². The molecule has 0 bridgehead atoms. The average molecular weight is 542 g/mol. The van der Waals surface area contributed by atoms with E-state index in [2.05, 4.69) is 22.2 Å². The normalized spacial score (nSPS) is 18.1. The molecule has 1 aliphatic heterocycles. The molecule has 5 rings (SSSR count). The number of nitrogens with zero attached hydrogens (tertiary/aromatic N) is 4. The number of aromatic nitrogens is 2. The molecule has 0 amide bonds. The number of imidazole rings is 1. The molecule has 8 nitrogen and oxygen atoms in total. The molecule has 3 aromatic rings. The lowest BCUT2D eigenvalue weighted by Gasteiger charge is -2.36. The number of likely N-dealkylation sites (N-methyl/N-ethyl adjacent to an activating group) is 1. The van der Waals surface area contributed by atoms with Crippen LogP contribution in [0.15, 0.2) is 59.6 Å². The van der Waals surface area contributed by atoms with E-state index in [1.807, 2.05) is 22.8 Å². The maximum atomic E-state index is 13.2. The number of carbonyl (C=O) groups is 1. The topological polar surface area (TPSA) is 92.0 Å². The van der Waals surface area contributed by atoms with Crippen LogP contribution in [0.2, 0.25) is 0 Å². The Morgan fingerprint density at radius 2 is 1.85 bits per heavy atom. The fourth-order valence-electron chi connectivity index (χ4n) is 4.89. The minimum Gasteiger partial charge on any atom is -0.486 e. The number of alkyl halides is 3. The zero-order valence-corrected chi connectivity index (χ0v) is 21.7. The number of carboxylic acids is 1. The number of benzene rings is 2. The first kappa shape index (κ1) is 26.6. The standard InChI is InChI=1S/C28H30F3N5O3/c1-17(19-7-6-8-19)32-25-23-24(34-26(27(37)38)35(25)2)33-22(16-39-21-9-4-3-5-10-21)36(23)15-18-11-13-20(14-12-18)28(29,30)31/h3-5,9-14,17,19,26,32H,6-8,15-16H2,1-2H3,(H,37,38)/t17?,26-/m0/s1. The zero-order chi connectivity index (χ0) is 27.7. The Hall–Kier alpha value is -4.02. The highest BCUT2D eigenvalue weighted by atomic mass is 19.4. The highest BCUT2D eigenvalue weighted by Crippen LogP contribution is 2.31. The summed E-state index contributed by atoms with van der Waals surface area (Å²) in [6.45, 7) is 2.32. The molecule has 1 aromatic heterocycles. The third-order valence-corrected chi connectivity index (χ3v) is 7.39. The molecule has 2 heterocycles. The number of halogens is 3. The number of aliphatic carboxylic acids is 1. The van der Waals surface area contributed by atoms with Crippen LogP contribution >= 0.6 is 0 Å². The fourth-order valence-corrected chi connectivity index (χ4v) is 4.89. The van der Waals surface area contributed by atoms with E-state index in [1.54, 1.807) is 24.1 Å². The second kappa shape index (κ2) is 10.6. The SMILES string of the molecule is CC(NC1=c2c(nc(COc3ccccc3)n2Cc2ccc(C(F)(F)F)cc2)=N[C@H](C(=O)O)N1C)C1CCC1. The van der Waals surface area contributed by atoms with E-state index in [9.17, 15) is 23.1 Å². The van der Waals surface area contributed by atoms with Gasteiger partial charge in [0.1, 0.15) is 29.4 Å². The first-order valence-electron chi connectivity index (χ1n) is 12.9. The van der Waals surface area contributed by atoms with Crippen LogP contribution in [0.5, 0.6) is 5.75 Å². The van der Waals surface area contributed by atoms with Crippen molar-refractivity contribution in [3.8, 4) is 5.75 Å². The molecule has 2 aromatic carbocycles. The molecule has 1 unspecified atom stereocenters. The summed E-state index contributed by atoms with van der Waals surface area (Å²) >= 11 is 0. The van der Waals surface area contributed by atoms with Gasteiger partial charge in [-0.1, -0.05) is 36.8 Å². The summed E-state index contributed by atoms with van der Waals surface area (Å²) in [4.78, 5) is 22.7. The number of ether oxygens (including phenoxy) is 1. The lowest BCUT2D eigenvalue weighted by Crippen LogP contribution is -2.55. The summed E-state index contributed by atoms with van der Waals surface area (Å²) in [6.07, 6.45) is -2.27. The van der Waals surface area contributed by atoms with Crippen LogP contribution in [0.4, 0.5) is 13.2 Å². The number of para-hydroxylation sites is 1. The molecule has 1 saturated carbocycles. The minimum absolute atomic E-state index is 0.0556. The van der Waals surface area contributed by atoms with E-state index in [1.165, 1.54) is 12.1 Å². The first-order chi connectivity index (χ1) is 18.6. The molecule has 2 N–H and O–H groups in total. The molecular formula is C28H30F3N5O3. The second-order valence-electron chi connectivity index (χ2n) is 10.0. The van der Waals surface area contributed by atoms with Crippen molar-refractivity contribution >= 4 is 11.8 Å². The predicted molar refractivity (Wildman–Crippen MR) is 137 cm³/mol. The highest BCUT2D eigenvalue weighted by molar-refractivity contribution is 5.75. The number of hydrogen-bond donors (Lipinski definition) is 2. The third-order valence-electron chi connectivity index (χ3n) is 7.39. The summed E-state index contributed by atoms with van der Waals surface area (Å²) in [5.74, 6) is 1.01. The lowest BCUT2D eigenvalue weighted by atomic mass is 9.80. The van der Waals surface area contributed by atoms with Gasteiger partial charge in [0.05, 0.1) is 5.56 Å². The maximum Gasteiger partial charge on any atom is 0.416 e. The molecule has 2 aliphatic rings.